The van der Waals surface area contributed by atoms with Crippen LogP contribution in [0.2, 0.25) is 0 Å². The summed E-state index contributed by atoms with van der Waals surface area (Å²) in [5.74, 6) is -0.0265. The molecule has 5 aromatic rings. The highest BCUT2D eigenvalue weighted by Crippen LogP contribution is 2.44. The molecular weight excluding hydrogens is 528 g/mol. The average molecular weight is 563 g/mol. The lowest BCUT2D eigenvalue weighted by Crippen LogP contribution is -2.44. The van der Waals surface area contributed by atoms with Gasteiger partial charge in [0.25, 0.3) is 0 Å². The van der Waals surface area contributed by atoms with Gasteiger partial charge in [-0.3, -0.25) is 0 Å². The molecule has 1 atom stereocenters. The second-order valence-corrected chi connectivity index (χ2v) is 13.2. The molecule has 3 heterocycles. The van der Waals surface area contributed by atoms with E-state index in [2.05, 4.69) is 70.4 Å². The van der Waals surface area contributed by atoms with Crippen LogP contribution in [0.5, 0.6) is 0 Å². The number of hydrogen-bond acceptors (Lipinski definition) is 4. The van der Waals surface area contributed by atoms with Crippen LogP contribution in [0.3, 0.4) is 0 Å². The Morgan fingerprint density at radius 2 is 1.49 bits per heavy atom. The SMILES string of the molecule is CN1CCN(c2ccc(-c3ccc4c(c3)C(c3c[nH]c5ccccc35)N(S(=O)(=O)Cc3ccccc3)C4)cc2)CC1. The molecule has 2 aliphatic heterocycles. The van der Waals surface area contributed by atoms with Gasteiger partial charge in [0.15, 0.2) is 0 Å². The zero-order valence-electron chi connectivity index (χ0n) is 23.2. The molecule has 1 unspecified atom stereocenters. The van der Waals surface area contributed by atoms with Gasteiger partial charge >= 0.3 is 0 Å². The molecule has 1 N–H and O–H groups in total. The van der Waals surface area contributed by atoms with Gasteiger partial charge in [0.05, 0.1) is 11.8 Å². The lowest BCUT2D eigenvalue weighted by Gasteiger charge is -2.34. The van der Waals surface area contributed by atoms with E-state index >= 15 is 0 Å². The van der Waals surface area contributed by atoms with Gasteiger partial charge in [-0.1, -0.05) is 72.8 Å². The summed E-state index contributed by atoms with van der Waals surface area (Å²) in [5, 5.41) is 1.05. The van der Waals surface area contributed by atoms with Crippen molar-refractivity contribution in [3.63, 3.8) is 0 Å². The molecule has 2 aliphatic rings. The fraction of sp³-hybridized carbons (Fsp3) is 0.235. The van der Waals surface area contributed by atoms with Gasteiger partial charge in [0, 0.05) is 61.1 Å². The van der Waals surface area contributed by atoms with Crippen molar-refractivity contribution < 1.29 is 8.42 Å². The smallest absolute Gasteiger partial charge is 0.219 e. The molecular formula is C34H34N4O2S. The lowest BCUT2D eigenvalue weighted by atomic mass is 9.94. The molecule has 0 radical (unpaired) electrons. The molecule has 6 nitrogen and oxygen atoms in total. The molecule has 0 saturated carbocycles. The number of nitrogens with one attached hydrogen (secondary N) is 1. The van der Waals surface area contributed by atoms with Gasteiger partial charge in [-0.25, -0.2) is 8.42 Å². The lowest BCUT2D eigenvalue weighted by molar-refractivity contribution is 0.313. The van der Waals surface area contributed by atoms with Crippen LogP contribution >= 0.6 is 0 Å². The molecule has 41 heavy (non-hydrogen) atoms. The van der Waals surface area contributed by atoms with Crippen LogP contribution in [0.4, 0.5) is 5.69 Å². The number of anilines is 1. The zero-order chi connectivity index (χ0) is 28.0. The van der Waals surface area contributed by atoms with E-state index in [1.807, 2.05) is 54.7 Å². The Balaban J connectivity index is 1.26. The van der Waals surface area contributed by atoms with E-state index < -0.39 is 16.1 Å². The first-order chi connectivity index (χ1) is 20.0. The topological polar surface area (TPSA) is 59.6 Å². The van der Waals surface area contributed by atoms with Gasteiger partial charge in [-0.2, -0.15) is 4.31 Å². The van der Waals surface area contributed by atoms with Crippen LogP contribution in [0.25, 0.3) is 22.0 Å². The number of benzene rings is 4. The van der Waals surface area contributed by atoms with E-state index in [0.29, 0.717) is 6.54 Å². The van der Waals surface area contributed by atoms with E-state index in [-0.39, 0.29) is 5.75 Å². The average Bonchev–Trinajstić information content (AvgIpc) is 3.59. The molecule has 0 spiro atoms. The van der Waals surface area contributed by atoms with Crippen LogP contribution in [0.1, 0.15) is 28.3 Å². The number of H-pyrrole nitrogens is 1. The molecule has 4 aromatic carbocycles. The van der Waals surface area contributed by atoms with E-state index in [1.54, 1.807) is 4.31 Å². The van der Waals surface area contributed by atoms with Crippen molar-refractivity contribution in [1.82, 2.24) is 14.2 Å². The summed E-state index contributed by atoms with van der Waals surface area (Å²) >= 11 is 0. The van der Waals surface area contributed by atoms with E-state index in [0.717, 1.165) is 70.5 Å². The van der Waals surface area contributed by atoms with E-state index in [9.17, 15) is 8.42 Å². The highest BCUT2D eigenvalue weighted by molar-refractivity contribution is 7.88. The predicted molar refractivity (Wildman–Crippen MR) is 166 cm³/mol. The first kappa shape index (κ1) is 26.0. The molecule has 0 aliphatic carbocycles. The fourth-order valence-corrected chi connectivity index (χ4v) is 7.95. The highest BCUT2D eigenvalue weighted by atomic mass is 32.2. The summed E-state index contributed by atoms with van der Waals surface area (Å²) in [6, 6.07) is 32.4. The second kappa shape index (κ2) is 10.5. The van der Waals surface area contributed by atoms with E-state index in [4.69, 9.17) is 0 Å². The zero-order valence-corrected chi connectivity index (χ0v) is 24.0. The third-order valence-corrected chi connectivity index (χ3v) is 10.3. The molecule has 0 bridgehead atoms. The predicted octanol–water partition coefficient (Wildman–Crippen LogP) is 6.02. The number of rotatable bonds is 6. The quantitative estimate of drug-likeness (QED) is 0.275. The van der Waals surface area contributed by atoms with Crippen molar-refractivity contribution in [2.45, 2.75) is 18.3 Å². The maximum Gasteiger partial charge on any atom is 0.219 e. The molecule has 1 saturated heterocycles. The van der Waals surface area contributed by atoms with Crippen LogP contribution in [0.15, 0.2) is 103 Å². The number of fused-ring (bicyclic) bond motifs is 2. The number of para-hydroxylation sites is 1. The van der Waals surface area contributed by atoms with E-state index in [1.165, 1.54) is 5.69 Å². The monoisotopic (exact) mass is 562 g/mol. The van der Waals surface area contributed by atoms with Gasteiger partial charge in [0.1, 0.15) is 0 Å². The Morgan fingerprint density at radius 1 is 0.780 bits per heavy atom. The largest absolute Gasteiger partial charge is 0.369 e. The molecule has 1 fully saturated rings. The number of aromatic amines is 1. The molecule has 208 valence electrons. The number of likely N-dealkylation sites (N-methyl/N-ethyl adjacent to an activating group) is 1. The Kier molecular flexibility index (Phi) is 6.66. The molecule has 0 amide bonds. The summed E-state index contributed by atoms with van der Waals surface area (Å²) in [4.78, 5) is 8.18. The van der Waals surface area contributed by atoms with Crippen molar-refractivity contribution >= 4 is 26.6 Å². The van der Waals surface area contributed by atoms with Crippen LogP contribution < -0.4 is 4.90 Å². The summed E-state index contributed by atoms with van der Waals surface area (Å²) in [5.41, 5.74) is 8.36. The van der Waals surface area contributed by atoms with Crippen molar-refractivity contribution in [3.05, 3.63) is 126 Å². The minimum absolute atomic E-state index is 0.0265. The van der Waals surface area contributed by atoms with Crippen molar-refractivity contribution in [2.75, 3.05) is 38.1 Å². The fourth-order valence-electron chi connectivity index (χ4n) is 6.29. The summed E-state index contributed by atoms with van der Waals surface area (Å²) in [6.07, 6.45) is 1.98. The van der Waals surface area contributed by atoms with Crippen LogP contribution in [0, 0.1) is 0 Å². The minimum Gasteiger partial charge on any atom is -0.369 e. The summed E-state index contributed by atoms with van der Waals surface area (Å²) < 4.78 is 29.7. The van der Waals surface area contributed by atoms with Crippen molar-refractivity contribution in [1.29, 1.82) is 0 Å². The first-order valence-corrected chi connectivity index (χ1v) is 15.8. The Bertz CT molecular complexity index is 1790. The van der Waals surface area contributed by atoms with Gasteiger partial charge < -0.3 is 14.8 Å². The van der Waals surface area contributed by atoms with Gasteiger partial charge in [-0.05, 0) is 59.1 Å². The maximum absolute atomic E-state index is 14.0. The highest BCUT2D eigenvalue weighted by Gasteiger charge is 2.40. The number of aromatic nitrogens is 1. The molecule has 1 aromatic heterocycles. The third kappa shape index (κ3) is 4.95. The van der Waals surface area contributed by atoms with Crippen LogP contribution in [-0.4, -0.2) is 55.8 Å². The number of nitrogens with zero attached hydrogens (tertiary/aromatic N) is 3. The minimum atomic E-state index is -3.61. The Hall–Kier alpha value is -3.91. The van der Waals surface area contributed by atoms with Crippen molar-refractivity contribution in [2.24, 2.45) is 0 Å². The Labute approximate surface area is 241 Å². The normalized spacial score (nSPS) is 18.2. The van der Waals surface area contributed by atoms with Gasteiger partial charge in [-0.15, -0.1) is 0 Å². The van der Waals surface area contributed by atoms with Crippen LogP contribution in [-0.2, 0) is 22.3 Å². The standard InChI is InChI=1S/C34H34N4O2S/c1-36-17-19-37(20-18-36)29-15-13-26(14-16-29)27-11-12-28-23-38(41(39,40)24-25-7-3-2-4-8-25)34(31(28)21-27)32-22-35-33-10-6-5-9-30(32)33/h2-16,21-22,34-35H,17-20,23-24H2,1H3. The van der Waals surface area contributed by atoms with Crippen molar-refractivity contribution in [3.8, 4) is 11.1 Å². The Morgan fingerprint density at radius 3 is 2.27 bits per heavy atom. The first-order valence-electron chi connectivity index (χ1n) is 14.2. The molecule has 7 heteroatoms. The van der Waals surface area contributed by atoms with Gasteiger partial charge in [0.2, 0.25) is 10.0 Å². The maximum atomic E-state index is 14.0. The number of piperazine rings is 1. The number of sulfonamides is 1. The molecule has 7 rings (SSSR count). The summed E-state index contributed by atoms with van der Waals surface area (Å²) in [6.45, 7) is 4.58. The second-order valence-electron chi connectivity index (χ2n) is 11.2. The summed E-state index contributed by atoms with van der Waals surface area (Å²) in [7, 11) is -1.44. The number of hydrogen-bond donors (Lipinski definition) is 1. The third-order valence-electron chi connectivity index (χ3n) is 8.59.